The van der Waals surface area contributed by atoms with E-state index >= 15 is 0 Å². The Hall–Kier alpha value is -1.04. The highest BCUT2D eigenvalue weighted by molar-refractivity contribution is 9.09. The number of halogens is 4. The van der Waals surface area contributed by atoms with Crippen molar-refractivity contribution in [3.05, 3.63) is 29.3 Å². The predicted molar refractivity (Wildman–Crippen MR) is 55.5 cm³/mol. The second kappa shape index (κ2) is 4.45. The Morgan fingerprint density at radius 2 is 2.00 bits per heavy atom. The van der Waals surface area contributed by atoms with E-state index in [1.54, 1.807) is 0 Å². The van der Waals surface area contributed by atoms with Crippen molar-refractivity contribution in [2.75, 3.05) is 0 Å². The average molecular weight is 297 g/mol. The predicted octanol–water partition coefficient (Wildman–Crippen LogP) is 3.44. The van der Waals surface area contributed by atoms with Gasteiger partial charge in [0, 0.05) is 5.56 Å². The van der Waals surface area contributed by atoms with E-state index in [0.717, 1.165) is 12.1 Å². The molecular formula is C10H8BrF3O2. The van der Waals surface area contributed by atoms with Crippen LogP contribution in [0.15, 0.2) is 18.2 Å². The zero-order valence-electron chi connectivity index (χ0n) is 8.18. The van der Waals surface area contributed by atoms with Crippen LogP contribution in [0.4, 0.5) is 13.2 Å². The molecule has 1 aromatic carbocycles. The van der Waals surface area contributed by atoms with Crippen molar-refractivity contribution in [1.82, 2.24) is 0 Å². The lowest BCUT2D eigenvalue weighted by molar-refractivity contribution is -0.139. The maximum atomic E-state index is 12.4. The zero-order valence-corrected chi connectivity index (χ0v) is 9.76. The van der Waals surface area contributed by atoms with Crippen LogP contribution in [0.25, 0.3) is 0 Å². The number of hydrogen-bond acceptors (Lipinski definition) is 2. The standard InChI is InChI=1S/C10H8BrF3O2/c1-5(15)8(11)6-3-2-4-7(9(6)16)10(12,13)14/h2-4,8,16H,1H3. The number of phenols is 1. The average Bonchev–Trinajstić information content (AvgIpc) is 2.15. The van der Waals surface area contributed by atoms with Crippen molar-refractivity contribution in [3.8, 4) is 5.75 Å². The molecule has 2 nitrogen and oxygen atoms in total. The SMILES string of the molecule is CC(=O)C(Br)c1cccc(C(F)(F)F)c1O. The van der Waals surface area contributed by atoms with Crippen LogP contribution in [-0.4, -0.2) is 10.9 Å². The molecule has 0 aromatic heterocycles. The number of ketones is 1. The zero-order chi connectivity index (χ0) is 12.5. The van der Waals surface area contributed by atoms with Gasteiger partial charge in [0.25, 0.3) is 0 Å². The Morgan fingerprint density at radius 3 is 2.44 bits per heavy atom. The molecule has 0 heterocycles. The smallest absolute Gasteiger partial charge is 0.419 e. The Bertz CT molecular complexity index is 415. The Balaban J connectivity index is 3.30. The highest BCUT2D eigenvalue weighted by Gasteiger charge is 2.35. The summed E-state index contributed by atoms with van der Waals surface area (Å²) in [6.45, 7) is 1.22. The molecule has 1 atom stereocenters. The van der Waals surface area contributed by atoms with Crippen molar-refractivity contribution in [2.45, 2.75) is 17.9 Å². The van der Waals surface area contributed by atoms with Crippen molar-refractivity contribution in [2.24, 2.45) is 0 Å². The normalized spacial score (nSPS) is 13.6. The molecule has 88 valence electrons. The maximum Gasteiger partial charge on any atom is 0.419 e. The first-order valence-electron chi connectivity index (χ1n) is 4.28. The maximum absolute atomic E-state index is 12.4. The van der Waals surface area contributed by atoms with Gasteiger partial charge in [0.05, 0.1) is 5.56 Å². The van der Waals surface area contributed by atoms with Crippen molar-refractivity contribution < 1.29 is 23.1 Å². The fraction of sp³-hybridized carbons (Fsp3) is 0.300. The number of alkyl halides is 4. The van der Waals surface area contributed by atoms with E-state index in [1.165, 1.54) is 13.0 Å². The van der Waals surface area contributed by atoms with Crippen LogP contribution in [-0.2, 0) is 11.0 Å². The summed E-state index contributed by atoms with van der Waals surface area (Å²) < 4.78 is 37.3. The minimum absolute atomic E-state index is 0.0812. The molecule has 0 fully saturated rings. The first-order chi connectivity index (χ1) is 7.25. The highest BCUT2D eigenvalue weighted by Crippen LogP contribution is 2.41. The van der Waals surface area contributed by atoms with E-state index < -0.39 is 22.3 Å². The molecule has 1 aromatic rings. The molecule has 0 aliphatic heterocycles. The molecule has 0 radical (unpaired) electrons. The van der Waals surface area contributed by atoms with Crippen LogP contribution < -0.4 is 0 Å². The largest absolute Gasteiger partial charge is 0.507 e. The molecule has 1 unspecified atom stereocenters. The summed E-state index contributed by atoms with van der Waals surface area (Å²) >= 11 is 2.93. The van der Waals surface area contributed by atoms with Crippen molar-refractivity contribution >= 4 is 21.7 Å². The van der Waals surface area contributed by atoms with Gasteiger partial charge in [0.1, 0.15) is 16.4 Å². The lowest BCUT2D eigenvalue weighted by Gasteiger charge is -2.14. The van der Waals surface area contributed by atoms with E-state index in [4.69, 9.17) is 0 Å². The summed E-state index contributed by atoms with van der Waals surface area (Å²) in [7, 11) is 0. The third-order valence-electron chi connectivity index (χ3n) is 2.00. The lowest BCUT2D eigenvalue weighted by Crippen LogP contribution is -2.08. The minimum Gasteiger partial charge on any atom is -0.507 e. The van der Waals surface area contributed by atoms with Gasteiger partial charge in [-0.15, -0.1) is 0 Å². The number of hydrogen-bond donors (Lipinski definition) is 1. The monoisotopic (exact) mass is 296 g/mol. The van der Waals surface area contributed by atoms with Crippen LogP contribution in [0.3, 0.4) is 0 Å². The fourth-order valence-corrected chi connectivity index (χ4v) is 1.58. The van der Waals surface area contributed by atoms with Gasteiger partial charge in [-0.05, 0) is 13.0 Å². The second-order valence-corrected chi connectivity index (χ2v) is 4.13. The van der Waals surface area contributed by atoms with Gasteiger partial charge in [0.2, 0.25) is 0 Å². The van der Waals surface area contributed by atoms with E-state index in [0.29, 0.717) is 0 Å². The summed E-state index contributed by atoms with van der Waals surface area (Å²) in [6, 6.07) is 3.18. The number of phenolic OH excluding ortho intramolecular Hbond substituents is 1. The van der Waals surface area contributed by atoms with E-state index in [1.807, 2.05) is 0 Å². The molecule has 0 saturated heterocycles. The molecule has 1 rings (SSSR count). The molecule has 0 amide bonds. The molecule has 0 spiro atoms. The van der Waals surface area contributed by atoms with Crippen LogP contribution in [0.5, 0.6) is 5.75 Å². The van der Waals surface area contributed by atoms with Crippen molar-refractivity contribution in [1.29, 1.82) is 0 Å². The summed E-state index contributed by atoms with van der Waals surface area (Å²) in [4.78, 5) is 10.1. The van der Waals surface area contributed by atoms with Gasteiger partial charge < -0.3 is 5.11 Å². The minimum atomic E-state index is -4.64. The van der Waals surface area contributed by atoms with Crippen molar-refractivity contribution in [3.63, 3.8) is 0 Å². The van der Waals surface area contributed by atoms with Crippen LogP contribution in [0.1, 0.15) is 22.9 Å². The fourth-order valence-electron chi connectivity index (χ4n) is 1.21. The molecule has 0 aliphatic carbocycles. The Kier molecular flexibility index (Phi) is 3.62. The molecule has 0 aliphatic rings. The van der Waals surface area contributed by atoms with Gasteiger partial charge in [0.15, 0.2) is 0 Å². The van der Waals surface area contributed by atoms with Gasteiger partial charge in [-0.25, -0.2) is 0 Å². The summed E-state index contributed by atoms with van der Waals surface area (Å²) in [5.74, 6) is -1.29. The number of benzene rings is 1. The molecule has 16 heavy (non-hydrogen) atoms. The van der Waals surface area contributed by atoms with Crippen LogP contribution in [0.2, 0.25) is 0 Å². The molecular weight excluding hydrogens is 289 g/mol. The Labute approximate surface area is 98.2 Å². The topological polar surface area (TPSA) is 37.3 Å². The van der Waals surface area contributed by atoms with Crippen LogP contribution >= 0.6 is 15.9 Å². The second-order valence-electron chi connectivity index (χ2n) is 3.21. The molecule has 1 N–H and O–H groups in total. The quantitative estimate of drug-likeness (QED) is 0.849. The third kappa shape index (κ3) is 2.55. The summed E-state index contributed by atoms with van der Waals surface area (Å²) in [6.07, 6.45) is -4.64. The number of carbonyl (C=O) groups is 1. The van der Waals surface area contributed by atoms with E-state index in [9.17, 15) is 23.1 Å². The summed E-state index contributed by atoms with van der Waals surface area (Å²) in [5.41, 5.74) is -1.22. The number of carbonyl (C=O) groups excluding carboxylic acids is 1. The van der Waals surface area contributed by atoms with Gasteiger partial charge in [-0.3, -0.25) is 4.79 Å². The van der Waals surface area contributed by atoms with Gasteiger partial charge in [-0.1, -0.05) is 28.1 Å². The first kappa shape index (κ1) is 13.0. The highest BCUT2D eigenvalue weighted by atomic mass is 79.9. The first-order valence-corrected chi connectivity index (χ1v) is 5.20. The molecule has 0 saturated carbocycles. The molecule has 6 heteroatoms. The number of aromatic hydroxyl groups is 1. The number of para-hydroxylation sites is 1. The van der Waals surface area contributed by atoms with E-state index in [2.05, 4.69) is 15.9 Å². The lowest BCUT2D eigenvalue weighted by atomic mass is 10.0. The molecule has 0 bridgehead atoms. The van der Waals surface area contributed by atoms with Gasteiger partial charge >= 0.3 is 6.18 Å². The number of Topliss-reactive ketones (excluding diaryl/α,β-unsaturated/α-hetero) is 1. The van der Waals surface area contributed by atoms with Gasteiger partial charge in [-0.2, -0.15) is 13.2 Å². The number of rotatable bonds is 2. The van der Waals surface area contributed by atoms with E-state index in [-0.39, 0.29) is 11.3 Å². The summed E-state index contributed by atoms with van der Waals surface area (Å²) in [5, 5.41) is 9.44. The Morgan fingerprint density at radius 1 is 1.44 bits per heavy atom. The van der Waals surface area contributed by atoms with Crippen LogP contribution in [0, 0.1) is 0 Å². The third-order valence-corrected chi connectivity index (χ3v) is 3.14.